The Kier molecular flexibility index (Phi) is 7.63. The number of hydrogen-bond donors (Lipinski definition) is 2. The number of aliphatic hydroxyl groups excluding tert-OH is 1. The van der Waals surface area contributed by atoms with E-state index in [4.69, 9.17) is 4.74 Å². The highest BCUT2D eigenvalue weighted by molar-refractivity contribution is 5.93. The Balaban J connectivity index is 1.37. The van der Waals surface area contributed by atoms with Crippen molar-refractivity contribution in [2.24, 2.45) is 0 Å². The van der Waals surface area contributed by atoms with Crippen LogP contribution in [0.3, 0.4) is 0 Å². The SMILES string of the molecule is CCOc1ccccc1CN1CCN(Cc2ccc(N3CCNC3=O)cc2)CC1CCO. The van der Waals surface area contributed by atoms with Gasteiger partial charge in [-0.2, -0.15) is 0 Å². The first-order valence-corrected chi connectivity index (χ1v) is 11.6. The minimum absolute atomic E-state index is 0.0216. The van der Waals surface area contributed by atoms with Crippen molar-refractivity contribution in [1.82, 2.24) is 15.1 Å². The largest absolute Gasteiger partial charge is 0.494 e. The number of urea groups is 1. The van der Waals surface area contributed by atoms with Gasteiger partial charge in [0.05, 0.1) is 6.61 Å². The molecule has 7 nitrogen and oxygen atoms in total. The van der Waals surface area contributed by atoms with Crippen molar-refractivity contribution in [1.29, 1.82) is 0 Å². The molecule has 0 aromatic heterocycles. The third-order valence-electron chi connectivity index (χ3n) is 6.31. The summed E-state index contributed by atoms with van der Waals surface area (Å²) in [7, 11) is 0. The molecule has 2 heterocycles. The van der Waals surface area contributed by atoms with Crippen LogP contribution in [0.2, 0.25) is 0 Å². The normalized spacial score (nSPS) is 19.9. The highest BCUT2D eigenvalue weighted by atomic mass is 16.5. The molecule has 0 spiro atoms. The highest BCUT2D eigenvalue weighted by Crippen LogP contribution is 2.24. The van der Waals surface area contributed by atoms with Crippen LogP contribution < -0.4 is 15.0 Å². The van der Waals surface area contributed by atoms with E-state index in [0.717, 1.165) is 57.1 Å². The lowest BCUT2D eigenvalue weighted by molar-refractivity contribution is 0.0494. The van der Waals surface area contributed by atoms with Crippen LogP contribution in [-0.2, 0) is 13.1 Å². The van der Waals surface area contributed by atoms with Crippen molar-refractivity contribution >= 4 is 11.7 Å². The molecule has 0 saturated carbocycles. The lowest BCUT2D eigenvalue weighted by Gasteiger charge is -2.41. The molecular formula is C25H34N4O3. The Morgan fingerprint density at radius 3 is 2.59 bits per heavy atom. The van der Waals surface area contributed by atoms with E-state index in [-0.39, 0.29) is 12.6 Å². The number of carbonyl (C=O) groups is 1. The van der Waals surface area contributed by atoms with E-state index in [1.165, 1.54) is 11.1 Å². The average molecular weight is 439 g/mol. The van der Waals surface area contributed by atoms with Crippen LogP contribution in [0.5, 0.6) is 5.75 Å². The third kappa shape index (κ3) is 5.41. The number of anilines is 1. The summed E-state index contributed by atoms with van der Waals surface area (Å²) in [6.45, 7) is 8.84. The number of hydrogen-bond acceptors (Lipinski definition) is 5. The summed E-state index contributed by atoms with van der Waals surface area (Å²) in [5, 5.41) is 12.5. The van der Waals surface area contributed by atoms with E-state index in [9.17, 15) is 9.90 Å². The highest BCUT2D eigenvalue weighted by Gasteiger charge is 2.27. The van der Waals surface area contributed by atoms with Crippen molar-refractivity contribution in [3.63, 3.8) is 0 Å². The number of benzene rings is 2. The zero-order chi connectivity index (χ0) is 22.3. The predicted octanol–water partition coefficient (Wildman–Crippen LogP) is 2.68. The summed E-state index contributed by atoms with van der Waals surface area (Å²) in [5.74, 6) is 0.951. The molecule has 172 valence electrons. The standard InChI is InChI=1S/C25H34N4O3/c1-2-32-24-6-4-3-5-21(24)18-28-15-14-27(19-23(28)11-16-30)17-20-7-9-22(10-8-20)29-13-12-26-25(29)31/h3-10,23,30H,2,11-19H2,1H3,(H,26,31). The van der Waals surface area contributed by atoms with Gasteiger partial charge in [0.1, 0.15) is 5.75 Å². The predicted molar refractivity (Wildman–Crippen MR) is 126 cm³/mol. The molecular weight excluding hydrogens is 404 g/mol. The molecule has 0 radical (unpaired) electrons. The van der Waals surface area contributed by atoms with Crippen molar-refractivity contribution in [2.45, 2.75) is 32.5 Å². The molecule has 2 fully saturated rings. The van der Waals surface area contributed by atoms with Gasteiger partial charge in [0, 0.05) is 69.7 Å². The topological polar surface area (TPSA) is 68.3 Å². The molecule has 2 amide bonds. The first-order valence-electron chi connectivity index (χ1n) is 11.6. The second-order valence-electron chi connectivity index (χ2n) is 8.46. The maximum absolute atomic E-state index is 11.9. The van der Waals surface area contributed by atoms with Crippen molar-refractivity contribution in [3.05, 3.63) is 59.7 Å². The number of nitrogens with one attached hydrogen (secondary N) is 1. The fourth-order valence-electron chi connectivity index (χ4n) is 4.64. The van der Waals surface area contributed by atoms with Gasteiger partial charge in [-0.05, 0) is 37.1 Å². The van der Waals surface area contributed by atoms with Gasteiger partial charge in [-0.1, -0.05) is 30.3 Å². The summed E-state index contributed by atoms with van der Waals surface area (Å²) in [6, 6.07) is 16.8. The molecule has 1 unspecified atom stereocenters. The molecule has 2 aromatic rings. The number of nitrogens with zero attached hydrogens (tertiary/aromatic N) is 3. The van der Waals surface area contributed by atoms with Gasteiger partial charge in [-0.3, -0.25) is 14.7 Å². The monoisotopic (exact) mass is 438 g/mol. The summed E-state index contributed by atoms with van der Waals surface area (Å²) in [6.07, 6.45) is 0.760. The second kappa shape index (κ2) is 10.8. The third-order valence-corrected chi connectivity index (χ3v) is 6.31. The first-order chi connectivity index (χ1) is 15.7. The van der Waals surface area contributed by atoms with Gasteiger partial charge in [-0.25, -0.2) is 4.79 Å². The number of carbonyl (C=O) groups excluding carboxylic acids is 1. The Bertz CT molecular complexity index is 889. The number of ether oxygens (including phenoxy) is 1. The second-order valence-corrected chi connectivity index (χ2v) is 8.46. The lowest BCUT2D eigenvalue weighted by atomic mass is 10.1. The number of rotatable bonds is 9. The van der Waals surface area contributed by atoms with Gasteiger partial charge < -0.3 is 15.2 Å². The Morgan fingerprint density at radius 2 is 1.88 bits per heavy atom. The summed E-state index contributed by atoms with van der Waals surface area (Å²) in [4.78, 5) is 18.6. The molecule has 1 atom stereocenters. The molecule has 7 heteroatoms. The Hall–Kier alpha value is -2.61. The first kappa shape index (κ1) is 22.6. The van der Waals surface area contributed by atoms with Crippen molar-refractivity contribution < 1.29 is 14.6 Å². The lowest BCUT2D eigenvalue weighted by Crippen LogP contribution is -2.52. The molecule has 2 aliphatic heterocycles. The molecule has 32 heavy (non-hydrogen) atoms. The quantitative estimate of drug-likeness (QED) is 0.630. The Labute approximate surface area is 190 Å². The average Bonchev–Trinajstić information content (AvgIpc) is 3.23. The van der Waals surface area contributed by atoms with Crippen molar-refractivity contribution in [3.8, 4) is 5.75 Å². The van der Waals surface area contributed by atoms with Crippen LogP contribution in [-0.4, -0.2) is 72.9 Å². The summed E-state index contributed by atoms with van der Waals surface area (Å²) >= 11 is 0. The molecule has 2 aromatic carbocycles. The van der Waals surface area contributed by atoms with Gasteiger partial charge in [0.2, 0.25) is 0 Å². The zero-order valence-corrected chi connectivity index (χ0v) is 18.9. The van der Waals surface area contributed by atoms with Crippen LogP contribution in [0, 0.1) is 0 Å². The number of piperazine rings is 1. The summed E-state index contributed by atoms with van der Waals surface area (Å²) < 4.78 is 5.81. The Morgan fingerprint density at radius 1 is 1.06 bits per heavy atom. The van der Waals surface area contributed by atoms with Crippen LogP contribution in [0.25, 0.3) is 0 Å². The van der Waals surface area contributed by atoms with Crippen LogP contribution in [0.1, 0.15) is 24.5 Å². The van der Waals surface area contributed by atoms with E-state index < -0.39 is 0 Å². The molecule has 4 rings (SSSR count). The number of amides is 2. The zero-order valence-electron chi connectivity index (χ0n) is 18.9. The van der Waals surface area contributed by atoms with Gasteiger partial charge in [0.25, 0.3) is 0 Å². The van der Waals surface area contributed by atoms with E-state index in [1.54, 1.807) is 4.90 Å². The van der Waals surface area contributed by atoms with Gasteiger partial charge >= 0.3 is 6.03 Å². The fourth-order valence-corrected chi connectivity index (χ4v) is 4.64. The van der Waals surface area contributed by atoms with Crippen LogP contribution in [0.15, 0.2) is 48.5 Å². The number of aliphatic hydroxyl groups is 1. The molecule has 2 saturated heterocycles. The molecule has 0 aliphatic carbocycles. The molecule has 2 aliphatic rings. The van der Waals surface area contributed by atoms with Crippen LogP contribution >= 0.6 is 0 Å². The minimum Gasteiger partial charge on any atom is -0.494 e. The molecule has 2 N–H and O–H groups in total. The smallest absolute Gasteiger partial charge is 0.321 e. The maximum Gasteiger partial charge on any atom is 0.321 e. The van der Waals surface area contributed by atoms with Gasteiger partial charge in [0.15, 0.2) is 0 Å². The van der Waals surface area contributed by atoms with Crippen LogP contribution in [0.4, 0.5) is 10.5 Å². The van der Waals surface area contributed by atoms with Crippen molar-refractivity contribution in [2.75, 3.05) is 50.8 Å². The minimum atomic E-state index is -0.0216. The maximum atomic E-state index is 11.9. The fraction of sp³-hybridized carbons (Fsp3) is 0.480. The summed E-state index contributed by atoms with van der Waals surface area (Å²) in [5.41, 5.74) is 3.39. The number of para-hydroxylation sites is 1. The van der Waals surface area contributed by atoms with E-state index >= 15 is 0 Å². The van der Waals surface area contributed by atoms with E-state index in [2.05, 4.69) is 39.4 Å². The molecule has 0 bridgehead atoms. The van der Waals surface area contributed by atoms with Gasteiger partial charge in [-0.15, -0.1) is 0 Å². The van der Waals surface area contributed by atoms with E-state index in [0.29, 0.717) is 19.2 Å². The van der Waals surface area contributed by atoms with E-state index in [1.807, 2.05) is 31.2 Å².